The molecule has 0 saturated heterocycles. The van der Waals surface area contributed by atoms with Crippen LogP contribution in [-0.2, 0) is 11.3 Å². The van der Waals surface area contributed by atoms with E-state index in [0.717, 1.165) is 13.3 Å². The number of pyridine rings is 1. The van der Waals surface area contributed by atoms with Crippen molar-refractivity contribution in [2.75, 3.05) is 7.11 Å². The Labute approximate surface area is 98.5 Å². The van der Waals surface area contributed by atoms with Crippen LogP contribution in [0.15, 0.2) is 6.20 Å². The molecule has 0 aliphatic heterocycles. The number of aromatic nitrogens is 1. The third-order valence-corrected chi connectivity index (χ3v) is 1.89. The van der Waals surface area contributed by atoms with E-state index in [1.807, 2.05) is 0 Å². The number of hydrogen-bond acceptors (Lipinski definition) is 5. The topological polar surface area (TPSA) is 74.4 Å². The van der Waals surface area contributed by atoms with Gasteiger partial charge in [0.05, 0.1) is 7.11 Å². The molecule has 18 heavy (non-hydrogen) atoms. The zero-order chi connectivity index (χ0) is 13.9. The zero-order valence-electron chi connectivity index (χ0n) is 9.05. The number of ether oxygens (including phenoxy) is 2. The molecule has 0 spiro atoms. The molecule has 0 aliphatic carbocycles. The summed E-state index contributed by atoms with van der Waals surface area (Å²) in [6, 6.07) is 0. The second kappa shape index (κ2) is 5.17. The smallest absolute Gasteiger partial charge is 0.465 e. The molecular weight excluding hydrogens is 260 g/mol. The summed E-state index contributed by atoms with van der Waals surface area (Å²) in [7, 11) is 0.883. The molecule has 0 amide bonds. The minimum atomic E-state index is -5.10. The molecule has 0 aliphatic rings. The molecule has 2 N–H and O–H groups in total. The maximum Gasteiger partial charge on any atom is 0.573 e. The lowest BCUT2D eigenvalue weighted by atomic mass is 10.1. The van der Waals surface area contributed by atoms with Gasteiger partial charge in [0.15, 0.2) is 11.3 Å². The molecule has 1 heterocycles. The van der Waals surface area contributed by atoms with Crippen LogP contribution >= 0.6 is 0 Å². The first kappa shape index (κ1) is 14.2. The molecule has 1 aromatic heterocycles. The van der Waals surface area contributed by atoms with Crippen molar-refractivity contribution >= 4 is 5.97 Å². The van der Waals surface area contributed by atoms with Crippen molar-refractivity contribution in [3.63, 3.8) is 0 Å². The minimum absolute atomic E-state index is 0.269. The highest BCUT2D eigenvalue weighted by Gasteiger charge is 2.36. The monoisotopic (exact) mass is 268 g/mol. The lowest BCUT2D eigenvalue weighted by molar-refractivity contribution is -0.275. The standard InChI is InChI=1S/C9H8F4N2O3/c1-17-8(16)5-6(18-9(11,12)13)4(2-14)3-15-7(5)10/h3H,2,14H2,1H3. The normalized spacial score (nSPS) is 11.2. The van der Waals surface area contributed by atoms with Gasteiger partial charge in [-0.1, -0.05) is 0 Å². The van der Waals surface area contributed by atoms with E-state index in [9.17, 15) is 22.4 Å². The molecule has 0 unspecified atom stereocenters. The van der Waals surface area contributed by atoms with Gasteiger partial charge in [0, 0.05) is 18.3 Å². The van der Waals surface area contributed by atoms with Gasteiger partial charge in [-0.3, -0.25) is 0 Å². The van der Waals surface area contributed by atoms with Crippen LogP contribution in [-0.4, -0.2) is 24.4 Å². The van der Waals surface area contributed by atoms with Gasteiger partial charge in [-0.25, -0.2) is 9.78 Å². The lowest BCUT2D eigenvalue weighted by Crippen LogP contribution is -2.22. The molecule has 9 heteroatoms. The number of carbonyl (C=O) groups is 1. The van der Waals surface area contributed by atoms with E-state index in [1.54, 1.807) is 0 Å². The van der Waals surface area contributed by atoms with Crippen LogP contribution in [0.4, 0.5) is 17.6 Å². The van der Waals surface area contributed by atoms with Crippen LogP contribution in [0, 0.1) is 5.95 Å². The van der Waals surface area contributed by atoms with Crippen molar-refractivity contribution in [1.82, 2.24) is 4.98 Å². The Balaban J connectivity index is 3.41. The van der Waals surface area contributed by atoms with Gasteiger partial charge in [0.2, 0.25) is 5.95 Å². The molecule has 1 aromatic rings. The number of hydrogen-bond donors (Lipinski definition) is 1. The second-order valence-electron chi connectivity index (χ2n) is 3.02. The highest BCUT2D eigenvalue weighted by molar-refractivity contribution is 5.92. The molecule has 0 saturated carbocycles. The van der Waals surface area contributed by atoms with E-state index in [-0.39, 0.29) is 5.56 Å². The summed E-state index contributed by atoms with van der Waals surface area (Å²) in [4.78, 5) is 14.3. The zero-order valence-corrected chi connectivity index (χ0v) is 9.05. The average Bonchev–Trinajstić information content (AvgIpc) is 2.27. The van der Waals surface area contributed by atoms with E-state index < -0.39 is 36.1 Å². The van der Waals surface area contributed by atoms with E-state index in [4.69, 9.17) is 5.73 Å². The van der Waals surface area contributed by atoms with E-state index in [1.165, 1.54) is 0 Å². The van der Waals surface area contributed by atoms with Crippen molar-refractivity contribution in [2.45, 2.75) is 12.9 Å². The summed E-state index contributed by atoms with van der Waals surface area (Å²) < 4.78 is 57.6. The van der Waals surface area contributed by atoms with Gasteiger partial charge >= 0.3 is 12.3 Å². The molecule has 0 atom stereocenters. The number of halogens is 4. The highest BCUT2D eigenvalue weighted by Crippen LogP contribution is 2.31. The third kappa shape index (κ3) is 3.06. The number of rotatable bonds is 3. The van der Waals surface area contributed by atoms with Crippen molar-refractivity contribution < 1.29 is 31.8 Å². The molecule has 100 valence electrons. The second-order valence-corrected chi connectivity index (χ2v) is 3.02. The van der Waals surface area contributed by atoms with Crippen LogP contribution < -0.4 is 10.5 Å². The number of esters is 1. The Morgan fingerprint density at radius 1 is 1.50 bits per heavy atom. The average molecular weight is 268 g/mol. The quantitative estimate of drug-likeness (QED) is 0.509. The van der Waals surface area contributed by atoms with Crippen molar-refractivity contribution in [3.05, 3.63) is 23.3 Å². The first-order valence-electron chi connectivity index (χ1n) is 4.51. The molecule has 0 radical (unpaired) electrons. The van der Waals surface area contributed by atoms with Crippen LogP contribution in [0.25, 0.3) is 0 Å². The largest absolute Gasteiger partial charge is 0.573 e. The van der Waals surface area contributed by atoms with Crippen LogP contribution in [0.2, 0.25) is 0 Å². The lowest BCUT2D eigenvalue weighted by Gasteiger charge is -2.15. The van der Waals surface area contributed by atoms with Gasteiger partial charge in [0.25, 0.3) is 0 Å². The summed E-state index contributed by atoms with van der Waals surface area (Å²) in [5, 5.41) is 0. The van der Waals surface area contributed by atoms with E-state index >= 15 is 0 Å². The first-order chi connectivity index (χ1) is 8.30. The molecule has 0 aromatic carbocycles. The summed E-state index contributed by atoms with van der Waals surface area (Å²) >= 11 is 0. The Bertz CT molecular complexity index is 462. The molecule has 0 bridgehead atoms. The van der Waals surface area contributed by atoms with Crippen LogP contribution in [0.3, 0.4) is 0 Å². The molecule has 0 fully saturated rings. The number of carbonyl (C=O) groups excluding carboxylic acids is 1. The van der Waals surface area contributed by atoms with Crippen molar-refractivity contribution in [2.24, 2.45) is 5.73 Å². The Hall–Kier alpha value is -1.90. The van der Waals surface area contributed by atoms with Gasteiger partial charge in [-0.2, -0.15) is 4.39 Å². The fourth-order valence-electron chi connectivity index (χ4n) is 1.17. The molecular formula is C9H8F4N2O3. The maximum atomic E-state index is 13.3. The van der Waals surface area contributed by atoms with Crippen LogP contribution in [0.5, 0.6) is 5.75 Å². The predicted molar refractivity (Wildman–Crippen MR) is 50.1 cm³/mol. The summed E-state index contributed by atoms with van der Waals surface area (Å²) in [5.41, 5.74) is 3.86. The predicted octanol–water partition coefficient (Wildman–Crippen LogP) is 1.36. The maximum absolute atomic E-state index is 13.3. The van der Waals surface area contributed by atoms with Gasteiger partial charge in [-0.15, -0.1) is 13.2 Å². The molecule has 5 nitrogen and oxygen atoms in total. The first-order valence-corrected chi connectivity index (χ1v) is 4.51. The van der Waals surface area contributed by atoms with Crippen molar-refractivity contribution in [1.29, 1.82) is 0 Å². The number of nitrogens with zero attached hydrogens (tertiary/aromatic N) is 1. The summed E-state index contributed by atoms with van der Waals surface area (Å²) in [6.45, 7) is -0.414. The fraction of sp³-hybridized carbons (Fsp3) is 0.333. The summed E-state index contributed by atoms with van der Waals surface area (Å²) in [6.07, 6.45) is -4.34. The van der Waals surface area contributed by atoms with E-state index in [0.29, 0.717) is 0 Å². The highest BCUT2D eigenvalue weighted by atomic mass is 19.4. The van der Waals surface area contributed by atoms with Crippen LogP contribution in [0.1, 0.15) is 15.9 Å². The fourth-order valence-corrected chi connectivity index (χ4v) is 1.17. The van der Waals surface area contributed by atoms with Gasteiger partial charge in [0.1, 0.15) is 0 Å². The van der Waals surface area contributed by atoms with E-state index in [2.05, 4.69) is 14.5 Å². The minimum Gasteiger partial charge on any atom is -0.465 e. The third-order valence-electron chi connectivity index (χ3n) is 1.89. The summed E-state index contributed by atoms with van der Waals surface area (Å²) in [5.74, 6) is -3.81. The number of alkyl halides is 3. The van der Waals surface area contributed by atoms with Gasteiger partial charge < -0.3 is 15.2 Å². The Morgan fingerprint density at radius 2 is 2.11 bits per heavy atom. The number of nitrogens with two attached hydrogens (primary N) is 1. The SMILES string of the molecule is COC(=O)c1c(F)ncc(CN)c1OC(F)(F)F. The van der Waals surface area contributed by atoms with Gasteiger partial charge in [-0.05, 0) is 0 Å². The molecule has 1 rings (SSSR count). The van der Waals surface area contributed by atoms with Crippen molar-refractivity contribution in [3.8, 4) is 5.75 Å². The Morgan fingerprint density at radius 3 is 2.56 bits per heavy atom. The Kier molecular flexibility index (Phi) is 4.07. The number of methoxy groups -OCH3 is 1.